The molecule has 0 aliphatic carbocycles. The van der Waals surface area contributed by atoms with Crippen LogP contribution in [0.3, 0.4) is 0 Å². The Morgan fingerprint density at radius 1 is 1.04 bits per heavy atom. The Kier molecular flexibility index (Phi) is 3.38. The molecule has 3 aromatic heterocycles. The fraction of sp³-hybridized carbons (Fsp3) is 0. The Hall–Kier alpha value is -2.67. The Morgan fingerprint density at radius 2 is 1.88 bits per heavy atom. The van der Waals surface area contributed by atoms with Gasteiger partial charge in [-0.25, -0.2) is 9.97 Å². The second kappa shape index (κ2) is 5.45. The Morgan fingerprint density at radius 3 is 2.67 bits per heavy atom. The summed E-state index contributed by atoms with van der Waals surface area (Å²) in [5.41, 5.74) is 0.313. The summed E-state index contributed by atoms with van der Waals surface area (Å²) in [6.07, 6.45) is 1.34. The van der Waals surface area contributed by atoms with E-state index in [4.69, 9.17) is 4.42 Å². The minimum atomic E-state index is -0.874. The van der Waals surface area contributed by atoms with Crippen molar-refractivity contribution in [2.45, 2.75) is 0 Å². The molecular weight excluding hydrogens is 382 g/mol. The van der Waals surface area contributed by atoms with Crippen LogP contribution >= 0.6 is 15.9 Å². The Labute approximate surface area is 141 Å². The fourth-order valence-electron chi connectivity index (χ4n) is 2.56. The standard InChI is InChI=1S/C17H7BrF2N2O2/c18-13-7-11-14(23)10-6-8(9-2-1-5-21-16(9)19)3-4-12(10)24-15(11)17(20)22-13/h1-7H. The highest BCUT2D eigenvalue weighted by Crippen LogP contribution is 2.27. The molecule has 3 heterocycles. The van der Waals surface area contributed by atoms with E-state index in [0.717, 1.165) is 0 Å². The summed E-state index contributed by atoms with van der Waals surface area (Å²) in [5.74, 6) is -1.51. The predicted molar refractivity (Wildman–Crippen MR) is 88.6 cm³/mol. The van der Waals surface area contributed by atoms with E-state index in [-0.39, 0.29) is 32.1 Å². The van der Waals surface area contributed by atoms with Crippen molar-refractivity contribution in [1.29, 1.82) is 0 Å². The number of nitrogens with zero attached hydrogens (tertiary/aromatic N) is 2. The molecule has 0 radical (unpaired) electrons. The largest absolute Gasteiger partial charge is 0.451 e. The van der Waals surface area contributed by atoms with Crippen LogP contribution in [-0.2, 0) is 0 Å². The lowest BCUT2D eigenvalue weighted by molar-refractivity contribution is 0.547. The second-order valence-corrected chi connectivity index (χ2v) is 5.91. The highest BCUT2D eigenvalue weighted by atomic mass is 79.9. The molecule has 0 unspecified atom stereocenters. The van der Waals surface area contributed by atoms with Gasteiger partial charge in [-0.05, 0) is 51.8 Å². The van der Waals surface area contributed by atoms with E-state index >= 15 is 0 Å². The summed E-state index contributed by atoms with van der Waals surface area (Å²) >= 11 is 3.05. The molecule has 4 nitrogen and oxygen atoms in total. The van der Waals surface area contributed by atoms with Gasteiger partial charge < -0.3 is 4.42 Å². The Bertz CT molecular complexity index is 1170. The van der Waals surface area contributed by atoms with Crippen LogP contribution < -0.4 is 5.43 Å². The van der Waals surface area contributed by atoms with Crippen LogP contribution in [0.5, 0.6) is 0 Å². The summed E-state index contributed by atoms with van der Waals surface area (Å²) in [7, 11) is 0. The van der Waals surface area contributed by atoms with Gasteiger partial charge in [0.2, 0.25) is 11.4 Å². The van der Waals surface area contributed by atoms with Crippen LogP contribution in [0.4, 0.5) is 8.78 Å². The van der Waals surface area contributed by atoms with Gasteiger partial charge in [0.05, 0.1) is 10.8 Å². The number of benzene rings is 1. The lowest BCUT2D eigenvalue weighted by atomic mass is 10.0. The number of pyridine rings is 2. The SMILES string of the molecule is O=c1c2cc(-c3cccnc3F)ccc2oc2c(F)nc(Br)cc12. The zero-order chi connectivity index (χ0) is 16.8. The van der Waals surface area contributed by atoms with E-state index in [1.54, 1.807) is 18.2 Å². The number of rotatable bonds is 1. The third kappa shape index (κ3) is 2.28. The number of fused-ring (bicyclic) bond motifs is 2. The zero-order valence-electron chi connectivity index (χ0n) is 11.9. The van der Waals surface area contributed by atoms with Gasteiger partial charge in [-0.2, -0.15) is 8.78 Å². The molecular formula is C17H7BrF2N2O2. The molecule has 0 fully saturated rings. The first kappa shape index (κ1) is 14.9. The van der Waals surface area contributed by atoms with Crippen LogP contribution in [0.15, 0.2) is 56.4 Å². The molecule has 0 atom stereocenters. The van der Waals surface area contributed by atoms with Gasteiger partial charge in [0.15, 0.2) is 5.58 Å². The monoisotopic (exact) mass is 388 g/mol. The molecule has 0 aliphatic rings. The van der Waals surface area contributed by atoms with Crippen molar-refractivity contribution in [3.05, 3.63) is 69.3 Å². The molecule has 118 valence electrons. The normalized spacial score (nSPS) is 11.3. The summed E-state index contributed by atoms with van der Waals surface area (Å²) in [5, 5.41) is 0.284. The molecule has 0 spiro atoms. The molecule has 0 bridgehead atoms. The lowest BCUT2D eigenvalue weighted by Gasteiger charge is -2.06. The number of aromatic nitrogens is 2. The molecule has 7 heteroatoms. The topological polar surface area (TPSA) is 56.0 Å². The first-order chi connectivity index (χ1) is 11.5. The minimum absolute atomic E-state index is 0.0608. The second-order valence-electron chi connectivity index (χ2n) is 5.10. The van der Waals surface area contributed by atoms with Crippen molar-refractivity contribution in [2.24, 2.45) is 0 Å². The summed E-state index contributed by atoms with van der Waals surface area (Å²) in [6, 6.07) is 9.14. The molecule has 0 saturated heterocycles. The van der Waals surface area contributed by atoms with Crippen LogP contribution in [0, 0.1) is 11.9 Å². The molecule has 1 aromatic carbocycles. The maximum atomic E-state index is 13.9. The van der Waals surface area contributed by atoms with Gasteiger partial charge in [0, 0.05) is 11.8 Å². The van der Waals surface area contributed by atoms with Crippen LogP contribution in [0.25, 0.3) is 33.1 Å². The van der Waals surface area contributed by atoms with Crippen molar-refractivity contribution in [1.82, 2.24) is 9.97 Å². The van der Waals surface area contributed by atoms with Crippen molar-refractivity contribution < 1.29 is 13.2 Å². The van der Waals surface area contributed by atoms with Gasteiger partial charge in [-0.3, -0.25) is 4.79 Å². The fourth-order valence-corrected chi connectivity index (χ4v) is 2.94. The first-order valence-electron chi connectivity index (χ1n) is 6.88. The number of halogens is 3. The molecule has 0 amide bonds. The van der Waals surface area contributed by atoms with Gasteiger partial charge in [-0.1, -0.05) is 6.07 Å². The molecule has 24 heavy (non-hydrogen) atoms. The van der Waals surface area contributed by atoms with E-state index in [1.165, 1.54) is 24.4 Å². The summed E-state index contributed by atoms with van der Waals surface area (Å²) in [4.78, 5) is 19.9. The number of hydrogen-bond donors (Lipinski definition) is 0. The lowest BCUT2D eigenvalue weighted by Crippen LogP contribution is -2.04. The molecule has 4 aromatic rings. The maximum absolute atomic E-state index is 13.9. The smallest absolute Gasteiger partial charge is 0.257 e. The quantitative estimate of drug-likeness (QED) is 0.357. The average Bonchev–Trinajstić information content (AvgIpc) is 2.56. The van der Waals surface area contributed by atoms with Crippen LogP contribution in [0.1, 0.15) is 0 Å². The van der Waals surface area contributed by atoms with Gasteiger partial charge in [0.1, 0.15) is 10.2 Å². The van der Waals surface area contributed by atoms with Gasteiger partial charge >= 0.3 is 0 Å². The van der Waals surface area contributed by atoms with Crippen molar-refractivity contribution >= 4 is 37.9 Å². The molecule has 0 saturated carbocycles. The summed E-state index contributed by atoms with van der Waals surface area (Å²) in [6.45, 7) is 0. The third-order valence-electron chi connectivity index (χ3n) is 3.65. The van der Waals surface area contributed by atoms with Gasteiger partial charge in [0.25, 0.3) is 5.95 Å². The average molecular weight is 389 g/mol. The van der Waals surface area contributed by atoms with Crippen molar-refractivity contribution in [3.8, 4) is 11.1 Å². The van der Waals surface area contributed by atoms with Gasteiger partial charge in [-0.15, -0.1) is 0 Å². The van der Waals surface area contributed by atoms with E-state index in [1.807, 2.05) is 0 Å². The Balaban J connectivity index is 2.07. The third-order valence-corrected chi connectivity index (χ3v) is 4.06. The van der Waals surface area contributed by atoms with E-state index < -0.39 is 17.3 Å². The van der Waals surface area contributed by atoms with E-state index in [2.05, 4.69) is 25.9 Å². The molecule has 0 N–H and O–H groups in total. The molecule has 0 aliphatic heterocycles. The number of hydrogen-bond acceptors (Lipinski definition) is 4. The summed E-state index contributed by atoms with van der Waals surface area (Å²) < 4.78 is 33.4. The van der Waals surface area contributed by atoms with Crippen molar-refractivity contribution in [2.75, 3.05) is 0 Å². The predicted octanol–water partition coefficient (Wildman–Crippen LogP) is 4.44. The van der Waals surface area contributed by atoms with Crippen molar-refractivity contribution in [3.63, 3.8) is 0 Å². The van der Waals surface area contributed by atoms with Crippen LogP contribution in [-0.4, -0.2) is 9.97 Å². The van der Waals surface area contributed by atoms with E-state index in [0.29, 0.717) is 5.56 Å². The van der Waals surface area contributed by atoms with E-state index in [9.17, 15) is 13.6 Å². The highest BCUT2D eigenvalue weighted by Gasteiger charge is 2.15. The maximum Gasteiger partial charge on any atom is 0.257 e. The highest BCUT2D eigenvalue weighted by molar-refractivity contribution is 9.10. The minimum Gasteiger partial charge on any atom is -0.451 e. The van der Waals surface area contributed by atoms with Crippen LogP contribution in [0.2, 0.25) is 0 Å². The molecule has 4 rings (SSSR count). The zero-order valence-corrected chi connectivity index (χ0v) is 13.5. The first-order valence-corrected chi connectivity index (χ1v) is 7.67.